The Balaban J connectivity index is 1.50. The summed E-state index contributed by atoms with van der Waals surface area (Å²) in [6.45, 7) is 1.98. The Morgan fingerprint density at radius 2 is 1.96 bits per heavy atom. The van der Waals surface area contributed by atoms with Crippen LogP contribution in [0.25, 0.3) is 22.1 Å². The fraction of sp³-hybridized carbons (Fsp3) is 0.111. The molecule has 0 spiro atoms. The number of hydrogen-bond acceptors (Lipinski definition) is 6. The highest BCUT2D eigenvalue weighted by Crippen LogP contribution is 2.29. The summed E-state index contributed by atoms with van der Waals surface area (Å²) in [6.07, 6.45) is 1.98. The van der Waals surface area contributed by atoms with Gasteiger partial charge in [0.2, 0.25) is 10.8 Å². The lowest BCUT2D eigenvalue weighted by Crippen LogP contribution is -1.96. The molecular formula is C18H13ClN6S2. The zero-order chi connectivity index (χ0) is 18.4. The summed E-state index contributed by atoms with van der Waals surface area (Å²) in [6, 6.07) is 13.7. The Morgan fingerprint density at radius 3 is 2.81 bits per heavy atom. The first kappa shape index (κ1) is 16.7. The zero-order valence-electron chi connectivity index (χ0n) is 14.2. The van der Waals surface area contributed by atoms with Crippen LogP contribution in [-0.4, -0.2) is 29.2 Å². The number of fused-ring (bicyclic) bond motifs is 2. The van der Waals surface area contributed by atoms with Gasteiger partial charge in [0, 0.05) is 16.1 Å². The molecule has 5 aromatic rings. The highest BCUT2D eigenvalue weighted by molar-refractivity contribution is 7.98. The van der Waals surface area contributed by atoms with E-state index >= 15 is 0 Å². The first-order valence-corrected chi connectivity index (χ1v) is 10.4. The van der Waals surface area contributed by atoms with Gasteiger partial charge in [0.05, 0.1) is 11.4 Å². The van der Waals surface area contributed by atoms with Crippen molar-refractivity contribution in [3.63, 3.8) is 0 Å². The summed E-state index contributed by atoms with van der Waals surface area (Å²) in [5.41, 5.74) is 2.70. The van der Waals surface area contributed by atoms with Crippen molar-refractivity contribution in [3.05, 3.63) is 64.4 Å². The van der Waals surface area contributed by atoms with Crippen molar-refractivity contribution in [2.45, 2.75) is 17.6 Å². The smallest absolute Gasteiger partial charge is 0.235 e. The number of thioether (sulfide) groups is 1. The minimum Gasteiger partial charge on any atom is -0.297 e. The van der Waals surface area contributed by atoms with Gasteiger partial charge in [-0.1, -0.05) is 29.0 Å². The first-order chi connectivity index (χ1) is 13.2. The molecule has 0 saturated heterocycles. The number of benzene rings is 1. The van der Waals surface area contributed by atoms with Gasteiger partial charge in [-0.05, 0) is 43.3 Å². The Kier molecular flexibility index (Phi) is 4.11. The maximum absolute atomic E-state index is 5.94. The SMILES string of the molecule is Cc1nc2ccccn2c1-c1nnc2sc(CSc3ccc(Cl)cc3)nn12. The van der Waals surface area contributed by atoms with Gasteiger partial charge >= 0.3 is 0 Å². The van der Waals surface area contributed by atoms with Gasteiger partial charge in [-0.3, -0.25) is 4.40 Å². The molecule has 4 heterocycles. The molecule has 4 aromatic heterocycles. The average molecular weight is 413 g/mol. The molecule has 0 aliphatic heterocycles. The van der Waals surface area contributed by atoms with Gasteiger partial charge in [-0.2, -0.15) is 9.61 Å². The second-order valence-electron chi connectivity index (χ2n) is 5.93. The maximum Gasteiger partial charge on any atom is 0.235 e. The van der Waals surface area contributed by atoms with E-state index in [0.717, 1.165) is 42.7 Å². The van der Waals surface area contributed by atoms with Gasteiger partial charge in [0.1, 0.15) is 16.3 Å². The van der Waals surface area contributed by atoms with Crippen molar-refractivity contribution < 1.29 is 0 Å². The number of aryl methyl sites for hydroxylation is 1. The van der Waals surface area contributed by atoms with Crippen molar-refractivity contribution >= 4 is 45.3 Å². The zero-order valence-corrected chi connectivity index (χ0v) is 16.6. The quantitative estimate of drug-likeness (QED) is 0.398. The van der Waals surface area contributed by atoms with E-state index in [1.807, 2.05) is 64.5 Å². The molecule has 0 radical (unpaired) electrons. The first-order valence-electron chi connectivity index (χ1n) is 8.22. The molecule has 0 N–H and O–H groups in total. The minimum absolute atomic E-state index is 0.709. The minimum atomic E-state index is 0.709. The summed E-state index contributed by atoms with van der Waals surface area (Å²) in [4.78, 5) is 6.54. The largest absolute Gasteiger partial charge is 0.297 e. The van der Waals surface area contributed by atoms with E-state index in [9.17, 15) is 0 Å². The van der Waals surface area contributed by atoms with Gasteiger partial charge < -0.3 is 0 Å². The van der Waals surface area contributed by atoms with Gasteiger partial charge in [-0.15, -0.1) is 22.0 Å². The predicted molar refractivity (Wildman–Crippen MR) is 109 cm³/mol. The van der Waals surface area contributed by atoms with Gasteiger partial charge in [0.15, 0.2) is 0 Å². The number of aromatic nitrogens is 6. The van der Waals surface area contributed by atoms with E-state index in [1.165, 1.54) is 0 Å². The second-order valence-corrected chi connectivity index (χ2v) is 8.46. The number of imidazole rings is 1. The van der Waals surface area contributed by atoms with Crippen LogP contribution in [0.3, 0.4) is 0 Å². The van der Waals surface area contributed by atoms with Crippen molar-refractivity contribution in [2.75, 3.05) is 0 Å². The number of hydrogen-bond donors (Lipinski definition) is 0. The molecule has 0 saturated carbocycles. The van der Waals surface area contributed by atoms with Crippen molar-refractivity contribution in [3.8, 4) is 11.5 Å². The number of halogens is 1. The van der Waals surface area contributed by atoms with Gasteiger partial charge in [0.25, 0.3) is 0 Å². The molecule has 6 nitrogen and oxygen atoms in total. The Bertz CT molecular complexity index is 1250. The third-order valence-electron chi connectivity index (χ3n) is 4.12. The maximum atomic E-state index is 5.94. The fourth-order valence-corrected chi connectivity index (χ4v) is 4.76. The summed E-state index contributed by atoms with van der Waals surface area (Å²) >= 11 is 9.21. The lowest BCUT2D eigenvalue weighted by atomic mass is 10.3. The van der Waals surface area contributed by atoms with Crippen molar-refractivity contribution in [1.29, 1.82) is 0 Å². The average Bonchev–Trinajstić information content (AvgIpc) is 3.33. The summed E-state index contributed by atoms with van der Waals surface area (Å²) in [5, 5.41) is 15.1. The molecule has 0 aliphatic rings. The molecule has 0 fully saturated rings. The van der Waals surface area contributed by atoms with Crippen LogP contribution in [0.1, 0.15) is 10.7 Å². The standard InChI is InChI=1S/C18H13ClN6S2/c1-11-16(24-9-3-2-4-14(24)20-11)17-21-22-18-25(17)23-15(27-18)10-26-13-7-5-12(19)6-8-13/h2-9H,10H2,1H3. The van der Waals surface area contributed by atoms with Crippen molar-refractivity contribution in [2.24, 2.45) is 0 Å². The normalized spacial score (nSPS) is 11.6. The molecule has 0 unspecified atom stereocenters. The van der Waals surface area contributed by atoms with Crippen LogP contribution >= 0.6 is 34.7 Å². The van der Waals surface area contributed by atoms with Gasteiger partial charge in [-0.25, -0.2) is 4.98 Å². The van der Waals surface area contributed by atoms with Crippen molar-refractivity contribution in [1.82, 2.24) is 29.2 Å². The summed E-state index contributed by atoms with van der Waals surface area (Å²) in [5.74, 6) is 1.47. The van der Waals surface area contributed by atoms with E-state index in [2.05, 4.69) is 15.2 Å². The molecule has 0 bridgehead atoms. The third kappa shape index (κ3) is 2.99. The molecule has 0 aliphatic carbocycles. The predicted octanol–water partition coefficient (Wildman–Crippen LogP) is 4.75. The fourth-order valence-electron chi connectivity index (χ4n) is 2.92. The van der Waals surface area contributed by atoms with Crippen LogP contribution < -0.4 is 0 Å². The second kappa shape index (κ2) is 6.63. The summed E-state index contributed by atoms with van der Waals surface area (Å²) < 4.78 is 3.83. The molecule has 134 valence electrons. The highest BCUT2D eigenvalue weighted by Gasteiger charge is 2.19. The van der Waals surface area contributed by atoms with Crippen LogP contribution in [-0.2, 0) is 5.75 Å². The number of pyridine rings is 1. The molecule has 27 heavy (non-hydrogen) atoms. The molecule has 5 rings (SSSR count). The van der Waals surface area contributed by atoms with E-state index in [1.54, 1.807) is 23.1 Å². The van der Waals surface area contributed by atoms with Crippen LogP contribution in [0.15, 0.2) is 53.6 Å². The van der Waals surface area contributed by atoms with Crippen LogP contribution in [0.4, 0.5) is 0 Å². The molecule has 0 amide bonds. The van der Waals surface area contributed by atoms with E-state index < -0.39 is 0 Å². The molecule has 1 aromatic carbocycles. The monoisotopic (exact) mass is 412 g/mol. The Morgan fingerprint density at radius 1 is 1.11 bits per heavy atom. The van der Waals surface area contributed by atoms with E-state index in [0.29, 0.717) is 5.82 Å². The topological polar surface area (TPSA) is 60.4 Å². The highest BCUT2D eigenvalue weighted by atomic mass is 35.5. The Labute approximate surface area is 167 Å². The van der Waals surface area contributed by atoms with Crippen LogP contribution in [0, 0.1) is 6.92 Å². The lowest BCUT2D eigenvalue weighted by molar-refractivity contribution is 0.924. The molecule has 0 atom stereocenters. The van der Waals surface area contributed by atoms with E-state index in [4.69, 9.17) is 16.7 Å². The van der Waals surface area contributed by atoms with Crippen LogP contribution in [0.5, 0.6) is 0 Å². The van der Waals surface area contributed by atoms with E-state index in [-0.39, 0.29) is 0 Å². The number of nitrogens with zero attached hydrogens (tertiary/aromatic N) is 6. The summed E-state index contributed by atoms with van der Waals surface area (Å²) in [7, 11) is 0. The van der Waals surface area contributed by atoms with Crippen LogP contribution in [0.2, 0.25) is 5.02 Å². The molecular weight excluding hydrogens is 400 g/mol. The lowest BCUT2D eigenvalue weighted by Gasteiger charge is -2.00. The number of rotatable bonds is 4. The molecule has 9 heteroatoms. The third-order valence-corrected chi connectivity index (χ3v) is 6.48. The Hall–Kier alpha value is -2.42.